The zero-order chi connectivity index (χ0) is 14.9. The van der Waals surface area contributed by atoms with Crippen LogP contribution in [0.15, 0.2) is 18.2 Å². The molecular formula is C14H18ClF3N2O2. The Bertz CT molecular complexity index is 507. The summed E-state index contributed by atoms with van der Waals surface area (Å²) in [6.07, 6.45) is -5.11. The van der Waals surface area contributed by atoms with Crippen LogP contribution in [0.1, 0.15) is 18.0 Å². The minimum absolute atomic E-state index is 0. The molecule has 1 atom stereocenters. The van der Waals surface area contributed by atoms with Gasteiger partial charge in [0, 0.05) is 37.8 Å². The molecule has 0 saturated carbocycles. The first-order valence-corrected chi connectivity index (χ1v) is 6.94. The first-order chi connectivity index (χ1) is 10.0. The number of fused-ring (bicyclic) bond motifs is 1. The third-order valence-corrected chi connectivity index (χ3v) is 3.80. The van der Waals surface area contributed by atoms with Crippen molar-refractivity contribution in [3.8, 4) is 11.5 Å². The zero-order valence-electron chi connectivity index (χ0n) is 11.9. The summed E-state index contributed by atoms with van der Waals surface area (Å²) in [5.74, 6) is 0.972. The molecule has 0 unspecified atom stereocenters. The standard InChI is InChI=1S/C14H17F3N2O2.ClH/c15-14(16,17)8-11(19-6-4-18-5-7-19)10-2-1-3-12-13(10)21-9-20-12;/h1-3,11,18H,4-9H2;1H/t11-;/m1./s1. The lowest BCUT2D eigenvalue weighted by molar-refractivity contribution is -0.148. The Morgan fingerprint density at radius 2 is 1.91 bits per heavy atom. The molecule has 22 heavy (non-hydrogen) atoms. The molecule has 0 aromatic heterocycles. The Kier molecular flexibility index (Phi) is 5.41. The number of hydrogen-bond donors (Lipinski definition) is 1. The summed E-state index contributed by atoms with van der Waals surface area (Å²) in [7, 11) is 0. The predicted molar refractivity (Wildman–Crippen MR) is 77.7 cm³/mol. The molecule has 2 aliphatic heterocycles. The third-order valence-electron chi connectivity index (χ3n) is 3.80. The van der Waals surface area contributed by atoms with Crippen LogP contribution >= 0.6 is 12.4 Å². The van der Waals surface area contributed by atoms with E-state index in [1.165, 1.54) is 0 Å². The van der Waals surface area contributed by atoms with E-state index in [2.05, 4.69) is 5.32 Å². The smallest absolute Gasteiger partial charge is 0.390 e. The van der Waals surface area contributed by atoms with Crippen LogP contribution in [0.3, 0.4) is 0 Å². The molecular weight excluding hydrogens is 321 g/mol. The Hall–Kier alpha value is -1.18. The molecule has 0 spiro atoms. The van der Waals surface area contributed by atoms with Gasteiger partial charge in [-0.05, 0) is 6.07 Å². The summed E-state index contributed by atoms with van der Waals surface area (Å²) in [5, 5.41) is 3.16. The maximum atomic E-state index is 13.0. The van der Waals surface area contributed by atoms with Crippen molar-refractivity contribution in [2.75, 3.05) is 33.0 Å². The van der Waals surface area contributed by atoms with Gasteiger partial charge in [-0.2, -0.15) is 13.2 Å². The number of benzene rings is 1. The fourth-order valence-electron chi connectivity index (χ4n) is 2.86. The van der Waals surface area contributed by atoms with Gasteiger partial charge < -0.3 is 14.8 Å². The summed E-state index contributed by atoms with van der Waals surface area (Å²) in [4.78, 5) is 1.86. The Labute approximate surface area is 133 Å². The fourth-order valence-corrected chi connectivity index (χ4v) is 2.86. The summed E-state index contributed by atoms with van der Waals surface area (Å²) >= 11 is 0. The van der Waals surface area contributed by atoms with E-state index in [0.717, 1.165) is 0 Å². The summed E-state index contributed by atoms with van der Waals surface area (Å²) < 4.78 is 49.6. The first-order valence-electron chi connectivity index (χ1n) is 6.94. The van der Waals surface area contributed by atoms with Crippen LogP contribution in [0, 0.1) is 0 Å². The van der Waals surface area contributed by atoms with Crippen molar-refractivity contribution in [3.63, 3.8) is 0 Å². The molecule has 0 radical (unpaired) electrons. The number of para-hydroxylation sites is 1. The van der Waals surface area contributed by atoms with Gasteiger partial charge in [0.25, 0.3) is 0 Å². The van der Waals surface area contributed by atoms with E-state index < -0.39 is 18.6 Å². The Morgan fingerprint density at radius 1 is 1.18 bits per heavy atom. The van der Waals surface area contributed by atoms with Crippen LogP contribution in [0.4, 0.5) is 13.2 Å². The highest BCUT2D eigenvalue weighted by Crippen LogP contribution is 2.43. The van der Waals surface area contributed by atoms with Gasteiger partial charge in [0.1, 0.15) is 0 Å². The van der Waals surface area contributed by atoms with Crippen molar-refractivity contribution in [3.05, 3.63) is 23.8 Å². The molecule has 4 nitrogen and oxygen atoms in total. The normalized spacial score (nSPS) is 19.6. The number of rotatable bonds is 3. The maximum absolute atomic E-state index is 13.0. The second kappa shape index (κ2) is 6.93. The second-order valence-electron chi connectivity index (χ2n) is 5.20. The van der Waals surface area contributed by atoms with E-state index in [0.29, 0.717) is 43.2 Å². The van der Waals surface area contributed by atoms with Gasteiger partial charge in [0.05, 0.1) is 6.42 Å². The summed E-state index contributed by atoms with van der Waals surface area (Å²) in [6, 6.07) is 4.40. The largest absolute Gasteiger partial charge is 0.454 e. The molecule has 124 valence electrons. The van der Waals surface area contributed by atoms with E-state index in [-0.39, 0.29) is 19.2 Å². The zero-order valence-corrected chi connectivity index (χ0v) is 12.7. The van der Waals surface area contributed by atoms with Crippen LogP contribution in [-0.2, 0) is 0 Å². The first kappa shape index (κ1) is 17.2. The Balaban J connectivity index is 0.00000176. The molecule has 1 fully saturated rings. The lowest BCUT2D eigenvalue weighted by atomic mass is 9.99. The molecule has 3 rings (SSSR count). The van der Waals surface area contributed by atoms with Crippen LogP contribution in [0.2, 0.25) is 0 Å². The van der Waals surface area contributed by atoms with Crippen molar-refractivity contribution in [2.24, 2.45) is 0 Å². The highest BCUT2D eigenvalue weighted by Gasteiger charge is 2.38. The van der Waals surface area contributed by atoms with E-state index in [9.17, 15) is 13.2 Å². The molecule has 1 N–H and O–H groups in total. The number of nitrogens with zero attached hydrogens (tertiary/aromatic N) is 1. The van der Waals surface area contributed by atoms with Gasteiger partial charge in [-0.3, -0.25) is 4.90 Å². The van der Waals surface area contributed by atoms with Gasteiger partial charge in [0.2, 0.25) is 6.79 Å². The van der Waals surface area contributed by atoms with Gasteiger partial charge >= 0.3 is 6.18 Å². The predicted octanol–water partition coefficient (Wildman–Crippen LogP) is 2.74. The quantitative estimate of drug-likeness (QED) is 0.919. The van der Waals surface area contributed by atoms with Crippen LogP contribution in [0.25, 0.3) is 0 Å². The van der Waals surface area contributed by atoms with Crippen LogP contribution in [-0.4, -0.2) is 44.0 Å². The number of nitrogens with one attached hydrogen (secondary N) is 1. The van der Waals surface area contributed by atoms with Gasteiger partial charge in [0.15, 0.2) is 11.5 Å². The van der Waals surface area contributed by atoms with E-state index >= 15 is 0 Å². The van der Waals surface area contributed by atoms with Crippen molar-refractivity contribution >= 4 is 12.4 Å². The van der Waals surface area contributed by atoms with Crippen molar-refractivity contribution < 1.29 is 22.6 Å². The highest BCUT2D eigenvalue weighted by molar-refractivity contribution is 5.85. The van der Waals surface area contributed by atoms with Gasteiger partial charge in [-0.15, -0.1) is 12.4 Å². The minimum atomic E-state index is -4.22. The molecule has 8 heteroatoms. The van der Waals surface area contributed by atoms with E-state index in [4.69, 9.17) is 9.47 Å². The van der Waals surface area contributed by atoms with Crippen molar-refractivity contribution in [2.45, 2.75) is 18.6 Å². The van der Waals surface area contributed by atoms with Crippen LogP contribution < -0.4 is 14.8 Å². The minimum Gasteiger partial charge on any atom is -0.454 e. The third kappa shape index (κ3) is 3.77. The second-order valence-corrected chi connectivity index (χ2v) is 5.20. The van der Waals surface area contributed by atoms with Gasteiger partial charge in [-0.1, -0.05) is 12.1 Å². The maximum Gasteiger partial charge on any atom is 0.390 e. The Morgan fingerprint density at radius 3 is 2.59 bits per heavy atom. The highest BCUT2D eigenvalue weighted by atomic mass is 35.5. The number of hydrogen-bond acceptors (Lipinski definition) is 4. The average molecular weight is 339 g/mol. The molecule has 0 amide bonds. The topological polar surface area (TPSA) is 33.7 Å². The van der Waals surface area contributed by atoms with Crippen molar-refractivity contribution in [1.82, 2.24) is 10.2 Å². The number of halogens is 4. The van der Waals surface area contributed by atoms with Gasteiger partial charge in [-0.25, -0.2) is 0 Å². The average Bonchev–Trinajstić information content (AvgIpc) is 2.93. The SMILES string of the molecule is Cl.FC(F)(F)C[C@H](c1cccc2c1OCO2)N1CCNCC1. The monoisotopic (exact) mass is 338 g/mol. The molecule has 0 aliphatic carbocycles. The molecule has 2 aliphatic rings. The van der Waals surface area contributed by atoms with E-state index in [1.54, 1.807) is 18.2 Å². The number of piperazine rings is 1. The molecule has 1 aromatic rings. The van der Waals surface area contributed by atoms with Crippen LogP contribution in [0.5, 0.6) is 11.5 Å². The molecule has 1 saturated heterocycles. The number of ether oxygens (including phenoxy) is 2. The molecule has 1 aromatic carbocycles. The summed E-state index contributed by atoms with van der Waals surface area (Å²) in [5.41, 5.74) is 0.559. The lowest BCUT2D eigenvalue weighted by Gasteiger charge is -2.36. The lowest BCUT2D eigenvalue weighted by Crippen LogP contribution is -2.46. The fraction of sp³-hybridized carbons (Fsp3) is 0.571. The number of alkyl halides is 3. The van der Waals surface area contributed by atoms with Crippen molar-refractivity contribution in [1.29, 1.82) is 0 Å². The molecule has 0 bridgehead atoms. The summed E-state index contributed by atoms with van der Waals surface area (Å²) in [6.45, 7) is 2.63. The molecule has 2 heterocycles. The van der Waals surface area contributed by atoms with E-state index in [1.807, 2.05) is 4.90 Å².